The van der Waals surface area contributed by atoms with E-state index in [2.05, 4.69) is 4.98 Å². The first-order valence-corrected chi connectivity index (χ1v) is 8.52. The second-order valence-electron chi connectivity index (χ2n) is 4.43. The molecule has 0 aliphatic carbocycles. The van der Waals surface area contributed by atoms with Crippen LogP contribution in [0.25, 0.3) is 10.2 Å². The van der Waals surface area contributed by atoms with Crippen LogP contribution in [0.4, 0.5) is 10.1 Å². The molecule has 0 bridgehead atoms. The largest absolute Gasteiger partial charge is 0.399 e. The van der Waals surface area contributed by atoms with Crippen LogP contribution < -0.4 is 5.73 Å². The average molecular weight is 341 g/mol. The lowest BCUT2D eigenvalue weighted by Crippen LogP contribution is -1.97. The summed E-state index contributed by atoms with van der Waals surface area (Å²) < 4.78 is 27.0. The molecule has 1 atom stereocenters. The first-order valence-electron chi connectivity index (χ1n) is 6.01. The normalized spacial score (nSPS) is 12.7. The average Bonchev–Trinajstić information content (AvgIpc) is 2.86. The Morgan fingerprint density at radius 1 is 1.29 bits per heavy atom. The van der Waals surface area contributed by atoms with E-state index in [0.717, 1.165) is 10.2 Å². The third-order valence-electron chi connectivity index (χ3n) is 2.88. The van der Waals surface area contributed by atoms with Gasteiger partial charge in [0.15, 0.2) is 4.34 Å². The summed E-state index contributed by atoms with van der Waals surface area (Å²) >= 11 is 7.31. The molecular weight excluding hydrogens is 331 g/mol. The molecule has 2 aromatic carbocycles. The molecule has 0 saturated carbocycles. The maximum absolute atomic E-state index is 13.2. The van der Waals surface area contributed by atoms with E-state index in [-0.39, 0.29) is 5.75 Å². The topological polar surface area (TPSA) is 56.0 Å². The highest BCUT2D eigenvalue weighted by Gasteiger charge is 2.14. The summed E-state index contributed by atoms with van der Waals surface area (Å²) in [5.41, 5.74) is 7.61. The van der Waals surface area contributed by atoms with Crippen molar-refractivity contribution in [3.63, 3.8) is 0 Å². The van der Waals surface area contributed by atoms with E-state index in [4.69, 9.17) is 17.3 Å². The zero-order chi connectivity index (χ0) is 15.0. The van der Waals surface area contributed by atoms with Crippen molar-refractivity contribution in [1.82, 2.24) is 4.98 Å². The van der Waals surface area contributed by atoms with E-state index < -0.39 is 16.6 Å². The van der Waals surface area contributed by atoms with Gasteiger partial charge >= 0.3 is 0 Å². The lowest BCUT2D eigenvalue weighted by molar-refractivity contribution is 0.626. The molecule has 0 fully saturated rings. The SMILES string of the molecule is Nc1ccc2nc(S(=O)Cc3cc(F)ccc3Cl)sc2c1. The number of benzene rings is 2. The fourth-order valence-corrected chi connectivity index (χ4v) is 4.55. The lowest BCUT2D eigenvalue weighted by Gasteiger charge is -2.02. The van der Waals surface area contributed by atoms with Gasteiger partial charge in [-0.1, -0.05) is 11.6 Å². The summed E-state index contributed by atoms with van der Waals surface area (Å²) in [6.07, 6.45) is 0. The van der Waals surface area contributed by atoms with Gasteiger partial charge in [-0.05, 0) is 42.0 Å². The predicted octanol–water partition coefficient (Wildman–Crippen LogP) is 3.98. The first kappa shape index (κ1) is 14.4. The second-order valence-corrected chi connectivity index (χ2v) is 7.50. The molecule has 2 N–H and O–H groups in total. The van der Waals surface area contributed by atoms with Crippen molar-refractivity contribution in [3.05, 3.63) is 52.8 Å². The summed E-state index contributed by atoms with van der Waals surface area (Å²) in [5, 5.41) is 0.398. The van der Waals surface area contributed by atoms with E-state index in [9.17, 15) is 8.60 Å². The number of nitrogens with two attached hydrogens (primary N) is 1. The van der Waals surface area contributed by atoms with Gasteiger partial charge in [0.2, 0.25) is 0 Å². The third kappa shape index (κ3) is 3.07. The van der Waals surface area contributed by atoms with Gasteiger partial charge in [-0.2, -0.15) is 0 Å². The van der Waals surface area contributed by atoms with Crippen molar-refractivity contribution in [2.75, 3.05) is 5.73 Å². The Labute approximate surface area is 132 Å². The Balaban J connectivity index is 1.91. The minimum Gasteiger partial charge on any atom is -0.399 e. The highest BCUT2D eigenvalue weighted by molar-refractivity contribution is 7.86. The van der Waals surface area contributed by atoms with Crippen molar-refractivity contribution < 1.29 is 8.60 Å². The number of anilines is 1. The molecule has 3 rings (SSSR count). The van der Waals surface area contributed by atoms with Crippen LogP contribution in [0.5, 0.6) is 0 Å². The predicted molar refractivity (Wildman–Crippen MR) is 85.6 cm³/mol. The van der Waals surface area contributed by atoms with E-state index in [0.29, 0.717) is 20.6 Å². The molecular formula is C14H10ClFN2OS2. The number of halogens is 2. The maximum Gasteiger partial charge on any atom is 0.182 e. The van der Waals surface area contributed by atoms with Crippen LogP contribution in [0, 0.1) is 5.82 Å². The molecule has 0 aliphatic heterocycles. The van der Waals surface area contributed by atoms with E-state index in [1.165, 1.54) is 29.5 Å². The number of hydrogen-bond donors (Lipinski definition) is 1. The minimum absolute atomic E-state index is 0.131. The standard InChI is InChI=1S/C14H10ClFN2OS2/c15-11-3-1-9(16)5-8(11)7-21(19)14-18-12-4-2-10(17)6-13(12)20-14/h1-6H,7,17H2. The molecule has 0 radical (unpaired) electrons. The molecule has 3 aromatic rings. The molecule has 3 nitrogen and oxygen atoms in total. The van der Waals surface area contributed by atoms with E-state index >= 15 is 0 Å². The molecule has 0 saturated heterocycles. The van der Waals surface area contributed by atoms with Gasteiger partial charge in [0, 0.05) is 10.7 Å². The number of fused-ring (bicyclic) bond motifs is 1. The van der Waals surface area contributed by atoms with Crippen LogP contribution in [0.1, 0.15) is 5.56 Å². The highest BCUT2D eigenvalue weighted by Crippen LogP contribution is 2.28. The van der Waals surface area contributed by atoms with Gasteiger partial charge in [0.05, 0.1) is 26.8 Å². The quantitative estimate of drug-likeness (QED) is 0.734. The second kappa shape index (κ2) is 5.71. The van der Waals surface area contributed by atoms with Crippen LogP contribution >= 0.6 is 22.9 Å². The number of rotatable bonds is 3. The number of aromatic nitrogens is 1. The van der Waals surface area contributed by atoms with Crippen LogP contribution in [0.15, 0.2) is 40.7 Å². The van der Waals surface area contributed by atoms with Gasteiger partial charge in [-0.3, -0.25) is 4.21 Å². The van der Waals surface area contributed by atoms with Crippen LogP contribution in [0.2, 0.25) is 5.02 Å². The van der Waals surface area contributed by atoms with E-state index in [1.807, 2.05) is 0 Å². The van der Waals surface area contributed by atoms with Gasteiger partial charge in [0.25, 0.3) is 0 Å². The highest BCUT2D eigenvalue weighted by atomic mass is 35.5. The van der Waals surface area contributed by atoms with E-state index in [1.54, 1.807) is 18.2 Å². The van der Waals surface area contributed by atoms with Crippen molar-refractivity contribution in [2.24, 2.45) is 0 Å². The molecule has 0 amide bonds. The molecule has 0 spiro atoms. The van der Waals surface area contributed by atoms with Crippen LogP contribution in [-0.4, -0.2) is 9.19 Å². The minimum atomic E-state index is -1.38. The summed E-state index contributed by atoms with van der Waals surface area (Å²) in [4.78, 5) is 4.33. The number of nitrogens with zero attached hydrogens (tertiary/aromatic N) is 1. The molecule has 0 aliphatic rings. The third-order valence-corrected chi connectivity index (χ3v) is 5.93. The van der Waals surface area contributed by atoms with Crippen molar-refractivity contribution in [2.45, 2.75) is 10.1 Å². The van der Waals surface area contributed by atoms with Gasteiger partial charge in [-0.15, -0.1) is 11.3 Å². The molecule has 21 heavy (non-hydrogen) atoms. The Kier molecular flexibility index (Phi) is 3.93. The van der Waals surface area contributed by atoms with Crippen molar-refractivity contribution >= 4 is 49.6 Å². The Morgan fingerprint density at radius 3 is 2.90 bits per heavy atom. The molecule has 1 aromatic heterocycles. The molecule has 1 unspecified atom stereocenters. The summed E-state index contributed by atoms with van der Waals surface area (Å²) in [5.74, 6) is -0.269. The smallest absolute Gasteiger partial charge is 0.182 e. The first-order chi connectivity index (χ1) is 10.0. The molecule has 1 heterocycles. The summed E-state index contributed by atoms with van der Waals surface area (Å²) in [7, 11) is -1.38. The van der Waals surface area contributed by atoms with Crippen molar-refractivity contribution in [1.29, 1.82) is 0 Å². The Hall–Kier alpha value is -1.50. The molecule has 7 heteroatoms. The molecule has 108 valence electrons. The fourth-order valence-electron chi connectivity index (χ4n) is 1.87. The van der Waals surface area contributed by atoms with Gasteiger partial charge in [0.1, 0.15) is 5.82 Å². The number of thiazole rings is 1. The lowest BCUT2D eigenvalue weighted by atomic mass is 10.2. The van der Waals surface area contributed by atoms with Gasteiger partial charge < -0.3 is 5.73 Å². The van der Waals surface area contributed by atoms with Crippen LogP contribution in [0.3, 0.4) is 0 Å². The monoisotopic (exact) mass is 340 g/mol. The van der Waals surface area contributed by atoms with Gasteiger partial charge in [-0.25, -0.2) is 9.37 Å². The maximum atomic E-state index is 13.2. The number of hydrogen-bond acceptors (Lipinski definition) is 4. The summed E-state index contributed by atoms with van der Waals surface area (Å²) in [6.45, 7) is 0. The fraction of sp³-hybridized carbons (Fsp3) is 0.0714. The Morgan fingerprint density at radius 2 is 2.10 bits per heavy atom. The zero-order valence-corrected chi connectivity index (χ0v) is 13.1. The summed E-state index contributed by atoms with van der Waals surface area (Å²) in [6, 6.07) is 9.36. The number of nitrogen functional groups attached to an aromatic ring is 1. The Bertz CT molecular complexity index is 850. The zero-order valence-electron chi connectivity index (χ0n) is 10.7. The van der Waals surface area contributed by atoms with Crippen LogP contribution in [-0.2, 0) is 16.6 Å². The van der Waals surface area contributed by atoms with Crippen molar-refractivity contribution in [3.8, 4) is 0 Å².